The zero-order chi connectivity index (χ0) is 16.7. The van der Waals surface area contributed by atoms with Crippen molar-refractivity contribution in [2.24, 2.45) is 0 Å². The first-order chi connectivity index (χ1) is 11.7. The van der Waals surface area contributed by atoms with Gasteiger partial charge in [-0.2, -0.15) is 4.98 Å². The molecule has 1 saturated carbocycles. The van der Waals surface area contributed by atoms with Crippen LogP contribution in [0, 0.1) is 13.8 Å². The third-order valence-corrected chi connectivity index (χ3v) is 5.15. The van der Waals surface area contributed by atoms with E-state index in [-0.39, 0.29) is 6.04 Å². The lowest BCUT2D eigenvalue weighted by molar-refractivity contribution is 0.230. The zero-order valence-electron chi connectivity index (χ0n) is 14.6. The molecule has 1 aliphatic heterocycles. The van der Waals surface area contributed by atoms with Gasteiger partial charge in [-0.1, -0.05) is 5.16 Å². The SMILES string of the molecule is COc1c(C)cnc(CN2CCCC2c2noc(C3CC3)n2)c1C. The van der Waals surface area contributed by atoms with Crippen molar-refractivity contribution in [3.63, 3.8) is 0 Å². The third kappa shape index (κ3) is 2.79. The molecule has 24 heavy (non-hydrogen) atoms. The molecule has 6 nitrogen and oxygen atoms in total. The highest BCUT2D eigenvalue weighted by Gasteiger charge is 2.34. The summed E-state index contributed by atoms with van der Waals surface area (Å²) in [5.74, 6) is 3.10. The van der Waals surface area contributed by atoms with Crippen molar-refractivity contribution in [2.45, 2.75) is 58.0 Å². The fourth-order valence-electron chi connectivity index (χ4n) is 3.61. The summed E-state index contributed by atoms with van der Waals surface area (Å²) in [6.07, 6.45) is 6.49. The molecular formula is C18H24N4O2. The van der Waals surface area contributed by atoms with Crippen LogP contribution in [0.15, 0.2) is 10.7 Å². The molecule has 0 amide bonds. The van der Waals surface area contributed by atoms with Gasteiger partial charge in [-0.15, -0.1) is 0 Å². The summed E-state index contributed by atoms with van der Waals surface area (Å²) in [6, 6.07) is 0.231. The first kappa shape index (κ1) is 15.6. The minimum absolute atomic E-state index is 0.231. The molecule has 0 spiro atoms. The fourth-order valence-corrected chi connectivity index (χ4v) is 3.61. The minimum atomic E-state index is 0.231. The van der Waals surface area contributed by atoms with E-state index >= 15 is 0 Å². The second-order valence-electron chi connectivity index (χ2n) is 6.94. The average Bonchev–Trinajstić information content (AvgIpc) is 3.13. The summed E-state index contributed by atoms with van der Waals surface area (Å²) in [4.78, 5) is 11.7. The van der Waals surface area contributed by atoms with Gasteiger partial charge in [0.2, 0.25) is 5.89 Å². The van der Waals surface area contributed by atoms with Gasteiger partial charge in [-0.25, -0.2) is 0 Å². The Balaban J connectivity index is 1.54. The Hall–Kier alpha value is -1.95. The summed E-state index contributed by atoms with van der Waals surface area (Å²) < 4.78 is 11.0. The molecule has 1 unspecified atom stereocenters. The molecule has 2 fully saturated rings. The summed E-state index contributed by atoms with van der Waals surface area (Å²) in [7, 11) is 1.72. The van der Waals surface area contributed by atoms with Gasteiger partial charge in [0.05, 0.1) is 18.8 Å². The monoisotopic (exact) mass is 328 g/mol. The lowest BCUT2D eigenvalue weighted by atomic mass is 10.1. The normalized spacial score (nSPS) is 21.4. The van der Waals surface area contributed by atoms with Gasteiger partial charge in [0.25, 0.3) is 0 Å². The van der Waals surface area contributed by atoms with Crippen LogP contribution in [0.5, 0.6) is 5.75 Å². The third-order valence-electron chi connectivity index (χ3n) is 5.15. The smallest absolute Gasteiger partial charge is 0.229 e. The number of aryl methyl sites for hydroxylation is 1. The molecular weight excluding hydrogens is 304 g/mol. The number of hydrogen-bond donors (Lipinski definition) is 0. The van der Waals surface area contributed by atoms with Crippen molar-refractivity contribution in [2.75, 3.05) is 13.7 Å². The molecule has 3 heterocycles. The Bertz CT molecular complexity index is 739. The zero-order valence-corrected chi connectivity index (χ0v) is 14.6. The van der Waals surface area contributed by atoms with E-state index in [0.29, 0.717) is 5.92 Å². The summed E-state index contributed by atoms with van der Waals surface area (Å²) in [5, 5.41) is 4.25. The van der Waals surface area contributed by atoms with E-state index in [1.807, 2.05) is 13.1 Å². The number of rotatable bonds is 5. The van der Waals surface area contributed by atoms with E-state index in [1.54, 1.807) is 7.11 Å². The van der Waals surface area contributed by atoms with Crippen molar-refractivity contribution in [3.05, 3.63) is 34.7 Å². The highest BCUT2D eigenvalue weighted by atomic mass is 16.5. The standard InChI is InChI=1S/C18H24N4O2/c1-11-9-19-14(12(2)16(11)23-3)10-22-8-4-5-15(22)17-20-18(24-21-17)13-6-7-13/h9,13,15H,4-8,10H2,1-3H3. The molecule has 2 aromatic heterocycles. The van der Waals surface area contributed by atoms with Gasteiger partial charge >= 0.3 is 0 Å². The van der Waals surface area contributed by atoms with Gasteiger partial charge in [-0.05, 0) is 46.1 Å². The summed E-state index contributed by atoms with van der Waals surface area (Å²) in [5.41, 5.74) is 3.26. The molecule has 0 aromatic carbocycles. The van der Waals surface area contributed by atoms with Crippen molar-refractivity contribution >= 4 is 0 Å². The molecule has 6 heteroatoms. The van der Waals surface area contributed by atoms with Crippen LogP contribution < -0.4 is 4.74 Å². The Morgan fingerprint density at radius 1 is 1.29 bits per heavy atom. The molecule has 1 atom stereocenters. The molecule has 0 radical (unpaired) electrons. The topological polar surface area (TPSA) is 64.3 Å². The van der Waals surface area contributed by atoms with Crippen LogP contribution in [0.3, 0.4) is 0 Å². The second-order valence-corrected chi connectivity index (χ2v) is 6.94. The summed E-state index contributed by atoms with van der Waals surface area (Å²) in [6.45, 7) is 5.94. The van der Waals surface area contributed by atoms with Crippen LogP contribution in [-0.4, -0.2) is 33.7 Å². The molecule has 1 saturated heterocycles. The Labute approximate surface area is 142 Å². The Kier molecular flexibility index (Phi) is 4.00. The number of methoxy groups -OCH3 is 1. The van der Waals surface area contributed by atoms with Gasteiger partial charge in [0.1, 0.15) is 5.75 Å². The van der Waals surface area contributed by atoms with Crippen molar-refractivity contribution < 1.29 is 9.26 Å². The Morgan fingerprint density at radius 2 is 2.12 bits per heavy atom. The van der Waals surface area contributed by atoms with Crippen LogP contribution in [-0.2, 0) is 6.54 Å². The average molecular weight is 328 g/mol. The van der Waals surface area contributed by atoms with E-state index < -0.39 is 0 Å². The lowest BCUT2D eigenvalue weighted by Gasteiger charge is -2.23. The first-order valence-corrected chi connectivity index (χ1v) is 8.74. The van der Waals surface area contributed by atoms with Crippen LogP contribution in [0.4, 0.5) is 0 Å². The van der Waals surface area contributed by atoms with Crippen molar-refractivity contribution in [1.82, 2.24) is 20.0 Å². The number of nitrogens with zero attached hydrogens (tertiary/aromatic N) is 4. The van der Waals surface area contributed by atoms with Crippen LogP contribution >= 0.6 is 0 Å². The van der Waals surface area contributed by atoms with Crippen LogP contribution in [0.25, 0.3) is 0 Å². The molecule has 0 N–H and O–H groups in total. The van der Waals surface area contributed by atoms with Gasteiger partial charge in [-0.3, -0.25) is 9.88 Å². The van der Waals surface area contributed by atoms with Gasteiger partial charge < -0.3 is 9.26 Å². The van der Waals surface area contributed by atoms with E-state index in [2.05, 4.69) is 26.9 Å². The molecule has 4 rings (SSSR count). The largest absolute Gasteiger partial charge is 0.496 e. The maximum absolute atomic E-state index is 5.53. The van der Waals surface area contributed by atoms with E-state index in [4.69, 9.17) is 9.26 Å². The van der Waals surface area contributed by atoms with E-state index in [9.17, 15) is 0 Å². The Morgan fingerprint density at radius 3 is 2.88 bits per heavy atom. The molecule has 2 aliphatic rings. The first-order valence-electron chi connectivity index (χ1n) is 8.74. The maximum Gasteiger partial charge on any atom is 0.229 e. The maximum atomic E-state index is 5.53. The number of hydrogen-bond acceptors (Lipinski definition) is 6. The van der Waals surface area contributed by atoms with Gasteiger partial charge in [0.15, 0.2) is 5.82 Å². The molecule has 128 valence electrons. The quantitative estimate of drug-likeness (QED) is 0.839. The summed E-state index contributed by atoms with van der Waals surface area (Å²) >= 11 is 0. The van der Waals surface area contributed by atoms with Gasteiger partial charge in [0, 0.05) is 29.8 Å². The van der Waals surface area contributed by atoms with Crippen molar-refractivity contribution in [1.29, 1.82) is 0 Å². The second kappa shape index (κ2) is 6.16. The number of pyridine rings is 1. The lowest BCUT2D eigenvalue weighted by Crippen LogP contribution is -2.24. The minimum Gasteiger partial charge on any atom is -0.496 e. The number of ether oxygens (including phenoxy) is 1. The molecule has 0 bridgehead atoms. The van der Waals surface area contributed by atoms with E-state index in [1.165, 1.54) is 12.8 Å². The van der Waals surface area contributed by atoms with Crippen LogP contribution in [0.1, 0.15) is 66.2 Å². The fraction of sp³-hybridized carbons (Fsp3) is 0.611. The van der Waals surface area contributed by atoms with Crippen LogP contribution in [0.2, 0.25) is 0 Å². The van der Waals surface area contributed by atoms with E-state index in [0.717, 1.165) is 60.2 Å². The molecule has 1 aliphatic carbocycles. The predicted molar refractivity (Wildman–Crippen MR) is 88.9 cm³/mol. The molecule has 2 aromatic rings. The highest BCUT2D eigenvalue weighted by Crippen LogP contribution is 2.40. The highest BCUT2D eigenvalue weighted by molar-refractivity contribution is 5.41. The number of likely N-dealkylation sites (tertiary alicyclic amines) is 1. The predicted octanol–water partition coefficient (Wildman–Crippen LogP) is 3.30. The number of aromatic nitrogens is 3. The van der Waals surface area contributed by atoms with Crippen molar-refractivity contribution in [3.8, 4) is 5.75 Å².